The van der Waals surface area contributed by atoms with E-state index < -0.39 is 33.3 Å². The van der Waals surface area contributed by atoms with E-state index in [2.05, 4.69) is 9.08 Å². The third kappa shape index (κ3) is 4.32. The van der Waals surface area contributed by atoms with E-state index in [-0.39, 0.29) is 13.1 Å². The van der Waals surface area contributed by atoms with Crippen LogP contribution in [0.2, 0.25) is 0 Å². The van der Waals surface area contributed by atoms with Crippen molar-refractivity contribution < 1.29 is 34.6 Å². The zero-order valence-corrected chi connectivity index (χ0v) is 14.3. The van der Waals surface area contributed by atoms with Crippen LogP contribution in [-0.4, -0.2) is 68.5 Å². The summed E-state index contributed by atoms with van der Waals surface area (Å²) in [5, 5.41) is 0. The fourth-order valence-electron chi connectivity index (χ4n) is 2.75. The molecular weight excluding hydrogens is 371 g/mol. The molecule has 2 aliphatic rings. The Morgan fingerprint density at radius 1 is 1.24 bits per heavy atom. The molecule has 1 unspecified atom stereocenters. The van der Waals surface area contributed by atoms with Gasteiger partial charge < -0.3 is 4.90 Å². The van der Waals surface area contributed by atoms with E-state index in [4.69, 9.17) is 0 Å². The fourth-order valence-corrected chi connectivity index (χ4v) is 3.32. The van der Waals surface area contributed by atoms with Gasteiger partial charge in [-0.15, -0.1) is 0 Å². The quantitative estimate of drug-likeness (QED) is 0.410. The molecule has 1 aliphatic carbocycles. The lowest BCUT2D eigenvalue weighted by Gasteiger charge is -2.41. The van der Waals surface area contributed by atoms with E-state index in [0.717, 1.165) is 25.1 Å². The molecule has 5 nitrogen and oxygen atoms in total. The van der Waals surface area contributed by atoms with Crippen molar-refractivity contribution in [3.63, 3.8) is 0 Å². The molecule has 2 rings (SSSR count). The molecule has 0 saturated carbocycles. The summed E-state index contributed by atoms with van der Waals surface area (Å²) in [6.07, 6.45) is 1.16. The molecule has 1 fully saturated rings. The smallest absolute Gasteiger partial charge is 0.367 e. The Balaban J connectivity index is 2.12. The van der Waals surface area contributed by atoms with Crippen LogP contribution in [0.1, 0.15) is 13.3 Å². The van der Waals surface area contributed by atoms with Crippen LogP contribution in [0.25, 0.3) is 0 Å². The SMILES string of the molecule is CCCN1CCN(C2=CC=CC(OS(=O)(=O)C(F)(F)F)C2(F)F)CC1. The number of allylic oxidation sites excluding steroid dienone is 2. The molecule has 0 aromatic carbocycles. The van der Waals surface area contributed by atoms with Crippen LogP contribution >= 0.6 is 0 Å². The van der Waals surface area contributed by atoms with E-state index >= 15 is 0 Å². The highest BCUT2D eigenvalue weighted by molar-refractivity contribution is 7.87. The third-order valence-corrected chi connectivity index (χ3v) is 5.03. The van der Waals surface area contributed by atoms with Crippen LogP contribution in [0.15, 0.2) is 23.9 Å². The van der Waals surface area contributed by atoms with Gasteiger partial charge in [-0.3, -0.25) is 4.90 Å². The lowest BCUT2D eigenvalue weighted by Crippen LogP contribution is -2.52. The first-order valence-electron chi connectivity index (χ1n) is 7.72. The summed E-state index contributed by atoms with van der Waals surface area (Å²) in [4.78, 5) is 3.45. The lowest BCUT2D eigenvalue weighted by atomic mass is 10.0. The highest BCUT2D eigenvalue weighted by atomic mass is 32.2. The van der Waals surface area contributed by atoms with Crippen LogP contribution < -0.4 is 0 Å². The van der Waals surface area contributed by atoms with Gasteiger partial charge in [-0.2, -0.15) is 30.4 Å². The number of hydrogen-bond acceptors (Lipinski definition) is 5. The van der Waals surface area contributed by atoms with Crippen molar-refractivity contribution in [2.24, 2.45) is 0 Å². The Bertz CT molecular complexity index is 637. The van der Waals surface area contributed by atoms with Gasteiger partial charge in [0.05, 0.1) is 5.70 Å². The Morgan fingerprint density at radius 3 is 2.36 bits per heavy atom. The molecule has 144 valence electrons. The molecule has 1 aliphatic heterocycles. The molecule has 25 heavy (non-hydrogen) atoms. The van der Waals surface area contributed by atoms with Gasteiger partial charge in [0.1, 0.15) is 0 Å². The largest absolute Gasteiger partial charge is 0.523 e. The first kappa shape index (κ1) is 20.1. The van der Waals surface area contributed by atoms with Gasteiger partial charge >= 0.3 is 21.5 Å². The molecule has 1 atom stereocenters. The van der Waals surface area contributed by atoms with Gasteiger partial charge in [0.25, 0.3) is 0 Å². The first-order chi connectivity index (χ1) is 11.5. The molecular formula is C14H19F5N2O3S. The standard InChI is InChI=1S/C14H19F5N2O3S/c1-2-6-20-7-9-21(10-8-20)11-4-3-5-12(13(11,15)16)24-25(22,23)14(17,18)19/h3-5,12H,2,6-10H2,1H3. The summed E-state index contributed by atoms with van der Waals surface area (Å²) in [5.41, 5.74) is -6.29. The van der Waals surface area contributed by atoms with Crippen molar-refractivity contribution in [2.75, 3.05) is 32.7 Å². The molecule has 1 saturated heterocycles. The predicted octanol–water partition coefficient (Wildman–Crippen LogP) is 2.34. The summed E-state index contributed by atoms with van der Waals surface area (Å²) < 4.78 is 92.2. The van der Waals surface area contributed by atoms with E-state index in [1.807, 2.05) is 6.92 Å². The van der Waals surface area contributed by atoms with Crippen LogP contribution in [0.5, 0.6) is 0 Å². The Morgan fingerprint density at radius 2 is 1.84 bits per heavy atom. The number of halogens is 5. The maximum atomic E-state index is 14.5. The monoisotopic (exact) mass is 390 g/mol. The van der Waals surface area contributed by atoms with Gasteiger partial charge in [0.15, 0.2) is 6.10 Å². The second kappa shape index (κ2) is 7.20. The van der Waals surface area contributed by atoms with Gasteiger partial charge in [-0.05, 0) is 25.1 Å². The molecule has 11 heteroatoms. The van der Waals surface area contributed by atoms with Crippen LogP contribution in [-0.2, 0) is 14.3 Å². The van der Waals surface area contributed by atoms with Crippen LogP contribution in [0.3, 0.4) is 0 Å². The molecule has 0 spiro atoms. The minimum absolute atomic E-state index is 0.272. The van der Waals surface area contributed by atoms with Gasteiger partial charge in [0.2, 0.25) is 0 Å². The zero-order valence-electron chi connectivity index (χ0n) is 13.5. The van der Waals surface area contributed by atoms with Crippen molar-refractivity contribution in [1.29, 1.82) is 0 Å². The highest BCUT2D eigenvalue weighted by Gasteiger charge is 2.55. The molecule has 1 heterocycles. The average molecular weight is 390 g/mol. The molecule has 0 aromatic rings. The normalized spacial score (nSPS) is 25.1. The minimum Gasteiger partial charge on any atom is -0.367 e. The van der Waals surface area contributed by atoms with Gasteiger partial charge in [-0.25, -0.2) is 4.18 Å². The summed E-state index contributed by atoms with van der Waals surface area (Å²) in [5.74, 6) is -3.89. The third-order valence-electron chi connectivity index (χ3n) is 4.01. The number of nitrogens with zero attached hydrogens (tertiary/aromatic N) is 2. The van der Waals surface area contributed by atoms with Gasteiger partial charge in [0, 0.05) is 26.2 Å². The summed E-state index contributed by atoms with van der Waals surface area (Å²) in [6, 6.07) is 0. The van der Waals surface area contributed by atoms with E-state index in [9.17, 15) is 30.4 Å². The predicted molar refractivity (Wildman–Crippen MR) is 80.3 cm³/mol. The van der Waals surface area contributed by atoms with E-state index in [1.54, 1.807) is 0 Å². The molecule has 0 aromatic heterocycles. The Hall–Kier alpha value is -1.20. The zero-order chi connectivity index (χ0) is 18.9. The van der Waals surface area contributed by atoms with Crippen molar-refractivity contribution in [1.82, 2.24) is 9.80 Å². The molecule has 0 bridgehead atoms. The lowest BCUT2D eigenvalue weighted by molar-refractivity contribution is -0.0877. The molecule has 0 amide bonds. The molecule has 0 N–H and O–H groups in total. The number of hydrogen-bond donors (Lipinski definition) is 0. The number of rotatable bonds is 5. The van der Waals surface area contributed by atoms with Crippen LogP contribution in [0, 0.1) is 0 Å². The fraction of sp³-hybridized carbons (Fsp3) is 0.714. The topological polar surface area (TPSA) is 49.9 Å². The Labute approximate surface area is 142 Å². The number of piperazine rings is 1. The van der Waals surface area contributed by atoms with Gasteiger partial charge in [-0.1, -0.05) is 13.0 Å². The summed E-state index contributed by atoms with van der Waals surface area (Å²) in [6.45, 7) is 4.45. The molecule has 0 radical (unpaired) electrons. The van der Waals surface area contributed by atoms with E-state index in [1.165, 1.54) is 4.90 Å². The maximum absolute atomic E-state index is 14.5. The van der Waals surface area contributed by atoms with Crippen molar-refractivity contribution in [3.05, 3.63) is 23.9 Å². The first-order valence-corrected chi connectivity index (χ1v) is 9.13. The van der Waals surface area contributed by atoms with Crippen molar-refractivity contribution in [2.45, 2.75) is 30.9 Å². The van der Waals surface area contributed by atoms with Crippen LogP contribution in [0.4, 0.5) is 22.0 Å². The number of alkyl halides is 5. The summed E-state index contributed by atoms with van der Waals surface area (Å²) in [7, 11) is -6.12. The second-order valence-electron chi connectivity index (χ2n) is 5.81. The van der Waals surface area contributed by atoms with Crippen molar-refractivity contribution >= 4 is 10.1 Å². The second-order valence-corrected chi connectivity index (χ2v) is 7.37. The Kier molecular flexibility index (Phi) is 5.79. The minimum atomic E-state index is -6.12. The highest BCUT2D eigenvalue weighted by Crippen LogP contribution is 2.38. The summed E-state index contributed by atoms with van der Waals surface area (Å²) >= 11 is 0. The van der Waals surface area contributed by atoms with Crippen molar-refractivity contribution in [3.8, 4) is 0 Å². The van der Waals surface area contributed by atoms with E-state index in [0.29, 0.717) is 19.2 Å². The maximum Gasteiger partial charge on any atom is 0.523 e. The average Bonchev–Trinajstić information content (AvgIpc) is 2.49.